The molecule has 0 bridgehead atoms. The predicted octanol–water partition coefficient (Wildman–Crippen LogP) is 2.58. The molecule has 0 aliphatic carbocycles. The first-order valence-corrected chi connectivity index (χ1v) is 8.38. The molecule has 28 heavy (non-hydrogen) atoms. The molecule has 1 atom stereocenters. The Morgan fingerprint density at radius 3 is 2.39 bits per heavy atom. The summed E-state index contributed by atoms with van der Waals surface area (Å²) in [7, 11) is 0. The second-order valence-electron chi connectivity index (χ2n) is 5.80. The summed E-state index contributed by atoms with van der Waals surface area (Å²) in [6, 6.07) is 10.0. The molecule has 1 aromatic heterocycles. The highest BCUT2D eigenvalue weighted by Crippen LogP contribution is 2.28. The van der Waals surface area contributed by atoms with Gasteiger partial charge in [-0.15, -0.1) is 0 Å². The zero-order chi connectivity index (χ0) is 20.7. The molecule has 1 unspecified atom stereocenters. The van der Waals surface area contributed by atoms with Crippen LogP contribution in [0.5, 0.6) is 0 Å². The van der Waals surface area contributed by atoms with Crippen molar-refractivity contribution < 1.29 is 32.2 Å². The average molecular weight is 397 g/mol. The minimum atomic E-state index is -4.67. The van der Waals surface area contributed by atoms with Gasteiger partial charge in [0.1, 0.15) is 6.54 Å². The van der Waals surface area contributed by atoms with Gasteiger partial charge in [-0.2, -0.15) is 13.2 Å². The maximum Gasteiger partial charge on any atom is 0.417 e. The number of pyridine rings is 1. The van der Waals surface area contributed by atoms with Gasteiger partial charge in [0.05, 0.1) is 12.2 Å². The highest BCUT2D eigenvalue weighted by molar-refractivity contribution is 5.79. The van der Waals surface area contributed by atoms with E-state index >= 15 is 0 Å². The lowest BCUT2D eigenvalue weighted by atomic mass is 10.1. The second-order valence-corrected chi connectivity index (χ2v) is 5.80. The van der Waals surface area contributed by atoms with Crippen LogP contribution >= 0.6 is 0 Å². The smallest absolute Gasteiger partial charge is 0.417 e. The average Bonchev–Trinajstić information content (AvgIpc) is 2.63. The normalized spacial score (nSPS) is 12.3. The summed E-state index contributed by atoms with van der Waals surface area (Å²) < 4.78 is 48.9. The van der Waals surface area contributed by atoms with Crippen molar-refractivity contribution in [2.75, 3.05) is 6.61 Å². The van der Waals surface area contributed by atoms with Crippen molar-refractivity contribution in [1.29, 1.82) is 0 Å². The number of hydrogen-bond donors (Lipinski definition) is 0. The van der Waals surface area contributed by atoms with Gasteiger partial charge < -0.3 is 14.0 Å². The number of aromatic nitrogens is 1. The summed E-state index contributed by atoms with van der Waals surface area (Å²) in [5.41, 5.74) is -1.18. The molecule has 0 spiro atoms. The highest BCUT2D eigenvalue weighted by atomic mass is 19.4. The lowest BCUT2D eigenvalue weighted by Crippen LogP contribution is -2.34. The van der Waals surface area contributed by atoms with Crippen LogP contribution in [0, 0.1) is 0 Å². The van der Waals surface area contributed by atoms with Crippen LogP contribution in [-0.2, 0) is 38.2 Å². The minimum Gasteiger partial charge on any atom is -0.463 e. The lowest BCUT2D eigenvalue weighted by Gasteiger charge is -2.17. The number of hydrogen-bond acceptors (Lipinski definition) is 5. The van der Waals surface area contributed by atoms with Gasteiger partial charge in [0.15, 0.2) is 0 Å². The van der Waals surface area contributed by atoms with E-state index in [1.165, 1.54) is 0 Å². The Kier molecular flexibility index (Phi) is 6.97. The van der Waals surface area contributed by atoms with E-state index in [0.29, 0.717) is 28.5 Å². The molecule has 2 rings (SSSR count). The van der Waals surface area contributed by atoms with E-state index in [1.807, 2.05) is 0 Å². The number of ether oxygens (including phenoxy) is 2. The van der Waals surface area contributed by atoms with E-state index in [4.69, 9.17) is 9.47 Å². The van der Waals surface area contributed by atoms with Gasteiger partial charge in [-0.1, -0.05) is 30.3 Å². The second kappa shape index (κ2) is 9.20. The number of halogens is 3. The number of nitrogens with zero attached hydrogens (tertiary/aromatic N) is 1. The molecule has 0 N–H and O–H groups in total. The number of benzene rings is 1. The van der Waals surface area contributed by atoms with Crippen LogP contribution in [0.15, 0.2) is 53.5 Å². The highest BCUT2D eigenvalue weighted by Gasteiger charge is 2.31. The summed E-state index contributed by atoms with van der Waals surface area (Å²) in [5, 5.41) is 0. The van der Waals surface area contributed by atoms with E-state index in [0.717, 1.165) is 0 Å². The third-order valence-electron chi connectivity index (χ3n) is 3.70. The number of carbonyl (C=O) groups is 2. The number of esters is 2. The van der Waals surface area contributed by atoms with Crippen LogP contribution in [0.3, 0.4) is 0 Å². The van der Waals surface area contributed by atoms with E-state index in [9.17, 15) is 27.6 Å². The first-order chi connectivity index (χ1) is 13.2. The Bertz CT molecular complexity index is 877. The van der Waals surface area contributed by atoms with Crippen molar-refractivity contribution >= 4 is 11.9 Å². The third kappa shape index (κ3) is 5.97. The van der Waals surface area contributed by atoms with Gasteiger partial charge in [-0.25, -0.2) is 4.79 Å². The standard InChI is InChI=1S/C19H18F3NO5/c1-2-27-18(26)15(10-13-6-4-3-5-7-13)28-17(25)12-23-11-14(19(20,21)22)8-9-16(23)24/h3-9,11,15H,2,10,12H2,1H3. The van der Waals surface area contributed by atoms with Crippen molar-refractivity contribution in [3.05, 3.63) is 70.1 Å². The van der Waals surface area contributed by atoms with E-state index in [2.05, 4.69) is 0 Å². The van der Waals surface area contributed by atoms with Crippen LogP contribution in [0.2, 0.25) is 0 Å². The summed E-state index contributed by atoms with van der Waals surface area (Å²) in [6.45, 7) is 0.879. The van der Waals surface area contributed by atoms with E-state index in [-0.39, 0.29) is 13.0 Å². The monoisotopic (exact) mass is 397 g/mol. The number of rotatable bonds is 7. The fraction of sp³-hybridized carbons (Fsp3) is 0.316. The molecule has 1 heterocycles. The Hall–Kier alpha value is -3.10. The molecule has 0 fully saturated rings. The fourth-order valence-corrected chi connectivity index (χ4v) is 2.39. The lowest BCUT2D eigenvalue weighted by molar-refractivity contribution is -0.168. The molecule has 0 aliphatic heterocycles. The molecule has 0 saturated heterocycles. The van der Waals surface area contributed by atoms with Gasteiger partial charge >= 0.3 is 18.1 Å². The van der Waals surface area contributed by atoms with Gasteiger partial charge in [0, 0.05) is 18.7 Å². The molecule has 0 amide bonds. The molecule has 2 aromatic rings. The summed E-state index contributed by atoms with van der Waals surface area (Å²) in [5.74, 6) is -1.81. The Morgan fingerprint density at radius 1 is 1.11 bits per heavy atom. The van der Waals surface area contributed by atoms with Crippen molar-refractivity contribution in [2.45, 2.75) is 32.2 Å². The fourth-order valence-electron chi connectivity index (χ4n) is 2.39. The SMILES string of the molecule is CCOC(=O)C(Cc1ccccc1)OC(=O)Cn1cc(C(F)(F)F)ccc1=O. The minimum absolute atomic E-state index is 0.0307. The Morgan fingerprint density at radius 2 is 1.79 bits per heavy atom. The molecule has 1 aromatic carbocycles. The van der Waals surface area contributed by atoms with Crippen LogP contribution < -0.4 is 5.56 Å². The first-order valence-electron chi connectivity index (χ1n) is 8.38. The van der Waals surface area contributed by atoms with Gasteiger partial charge in [0.25, 0.3) is 5.56 Å². The summed E-state index contributed by atoms with van der Waals surface area (Å²) in [4.78, 5) is 36.0. The van der Waals surface area contributed by atoms with Gasteiger partial charge in [-0.05, 0) is 18.6 Å². The van der Waals surface area contributed by atoms with Crippen molar-refractivity contribution in [1.82, 2.24) is 4.57 Å². The predicted molar refractivity (Wildman–Crippen MR) is 92.4 cm³/mol. The largest absolute Gasteiger partial charge is 0.463 e. The van der Waals surface area contributed by atoms with Crippen molar-refractivity contribution in [2.24, 2.45) is 0 Å². The maximum atomic E-state index is 12.8. The van der Waals surface area contributed by atoms with Gasteiger partial charge in [0.2, 0.25) is 6.10 Å². The van der Waals surface area contributed by atoms with Crippen LogP contribution in [0.4, 0.5) is 13.2 Å². The van der Waals surface area contributed by atoms with Crippen molar-refractivity contribution in [3.63, 3.8) is 0 Å². The molecular weight excluding hydrogens is 379 g/mol. The molecule has 6 nitrogen and oxygen atoms in total. The molecule has 150 valence electrons. The molecular formula is C19H18F3NO5. The first kappa shape index (κ1) is 21.2. The van der Waals surface area contributed by atoms with Gasteiger partial charge in [-0.3, -0.25) is 9.59 Å². The van der Waals surface area contributed by atoms with Crippen LogP contribution in [-0.4, -0.2) is 29.2 Å². The molecule has 9 heteroatoms. The quantitative estimate of drug-likeness (QED) is 0.672. The molecule has 0 aliphatic rings. The van der Waals surface area contributed by atoms with Crippen LogP contribution in [0.25, 0.3) is 0 Å². The zero-order valence-electron chi connectivity index (χ0n) is 14.9. The van der Waals surface area contributed by atoms with E-state index < -0.39 is 41.9 Å². The maximum absolute atomic E-state index is 12.8. The number of alkyl halides is 3. The Balaban J connectivity index is 2.15. The Labute approximate surface area is 158 Å². The summed E-state index contributed by atoms with van der Waals surface area (Å²) >= 11 is 0. The summed E-state index contributed by atoms with van der Waals surface area (Å²) in [6.07, 6.45) is -5.39. The third-order valence-corrected chi connectivity index (χ3v) is 3.70. The van der Waals surface area contributed by atoms with Crippen molar-refractivity contribution in [3.8, 4) is 0 Å². The topological polar surface area (TPSA) is 74.6 Å². The molecule has 0 radical (unpaired) electrons. The molecule has 0 saturated carbocycles. The zero-order valence-corrected chi connectivity index (χ0v) is 14.9. The van der Waals surface area contributed by atoms with E-state index in [1.54, 1.807) is 37.3 Å². The van der Waals surface area contributed by atoms with Crippen LogP contribution in [0.1, 0.15) is 18.1 Å². The number of carbonyl (C=O) groups excluding carboxylic acids is 2.